The van der Waals surface area contributed by atoms with Crippen LogP contribution in [0.5, 0.6) is 0 Å². The molecule has 1 atom stereocenters. The molecule has 102 valence electrons. The molecule has 0 fully saturated rings. The smallest absolute Gasteiger partial charge is 0.234 e. The Morgan fingerprint density at radius 3 is 2.22 bits per heavy atom. The Balaban J connectivity index is 0.00000289. The van der Waals surface area contributed by atoms with Gasteiger partial charge in [0.15, 0.2) is 0 Å². The highest BCUT2D eigenvalue weighted by Crippen LogP contribution is 2.27. The van der Waals surface area contributed by atoms with Crippen molar-refractivity contribution >= 4 is 18.3 Å². The van der Waals surface area contributed by atoms with Crippen molar-refractivity contribution in [3.8, 4) is 0 Å². The van der Waals surface area contributed by atoms with Crippen molar-refractivity contribution in [2.45, 2.75) is 32.7 Å². The van der Waals surface area contributed by atoms with Crippen LogP contribution in [0.25, 0.3) is 0 Å². The molecule has 0 saturated heterocycles. The molecule has 3 N–H and O–H groups in total. The van der Waals surface area contributed by atoms with Crippen LogP contribution in [-0.2, 0) is 4.79 Å². The molecule has 0 radical (unpaired) electrons. The van der Waals surface area contributed by atoms with Gasteiger partial charge in [0, 0.05) is 0 Å². The van der Waals surface area contributed by atoms with Gasteiger partial charge in [0.2, 0.25) is 5.91 Å². The molecule has 1 rings (SSSR count). The molecule has 1 amide bonds. The van der Waals surface area contributed by atoms with E-state index in [4.69, 9.17) is 5.73 Å². The van der Waals surface area contributed by atoms with Gasteiger partial charge in [0.25, 0.3) is 0 Å². The first-order chi connectivity index (χ1) is 8.22. The molecule has 0 spiro atoms. The summed E-state index contributed by atoms with van der Waals surface area (Å²) in [6, 6.07) is 10.2. The van der Waals surface area contributed by atoms with Gasteiger partial charge in [0.05, 0.1) is 12.6 Å². The number of hydrogen-bond acceptors (Lipinski definition) is 2. The topological polar surface area (TPSA) is 55.1 Å². The first kappa shape index (κ1) is 16.9. The maximum absolute atomic E-state index is 11.5. The monoisotopic (exact) mass is 270 g/mol. The molecular weight excluding hydrogens is 248 g/mol. The fourth-order valence-corrected chi connectivity index (χ4v) is 2.13. The van der Waals surface area contributed by atoms with Crippen LogP contribution < -0.4 is 11.1 Å². The predicted octanol–water partition coefficient (Wildman–Crippen LogP) is 2.66. The lowest BCUT2D eigenvalue weighted by atomic mass is 9.89. The lowest BCUT2D eigenvalue weighted by Crippen LogP contribution is -2.37. The molecular formula is C14H23ClN2O. The Labute approximate surface area is 116 Å². The molecule has 3 nitrogen and oxygen atoms in total. The van der Waals surface area contributed by atoms with E-state index < -0.39 is 0 Å². The molecule has 0 aliphatic heterocycles. The first-order valence-corrected chi connectivity index (χ1v) is 6.27. The van der Waals surface area contributed by atoms with Crippen molar-refractivity contribution in [2.24, 2.45) is 11.7 Å². The largest absolute Gasteiger partial charge is 0.348 e. The average molecular weight is 271 g/mol. The summed E-state index contributed by atoms with van der Waals surface area (Å²) in [6.07, 6.45) is 2.09. The van der Waals surface area contributed by atoms with Crippen molar-refractivity contribution in [2.75, 3.05) is 6.54 Å². The van der Waals surface area contributed by atoms with Crippen LogP contribution in [0.4, 0.5) is 0 Å². The van der Waals surface area contributed by atoms with Gasteiger partial charge in [-0.15, -0.1) is 12.4 Å². The molecule has 0 heterocycles. The third kappa shape index (κ3) is 4.67. The van der Waals surface area contributed by atoms with Crippen LogP contribution in [0.15, 0.2) is 30.3 Å². The zero-order valence-corrected chi connectivity index (χ0v) is 11.9. The maximum Gasteiger partial charge on any atom is 0.234 e. The van der Waals surface area contributed by atoms with Crippen molar-refractivity contribution in [1.82, 2.24) is 5.32 Å². The summed E-state index contributed by atoms with van der Waals surface area (Å²) in [7, 11) is 0. The van der Waals surface area contributed by atoms with Crippen LogP contribution in [0, 0.1) is 5.92 Å². The number of hydrogen-bond donors (Lipinski definition) is 2. The van der Waals surface area contributed by atoms with Crippen LogP contribution in [0.3, 0.4) is 0 Å². The van der Waals surface area contributed by atoms with E-state index in [9.17, 15) is 4.79 Å². The number of nitrogens with one attached hydrogen (secondary N) is 1. The zero-order chi connectivity index (χ0) is 12.7. The number of carbonyl (C=O) groups excluding carboxylic acids is 1. The highest BCUT2D eigenvalue weighted by atomic mass is 35.5. The van der Waals surface area contributed by atoms with E-state index in [1.54, 1.807) is 0 Å². The third-order valence-corrected chi connectivity index (χ3v) is 3.18. The first-order valence-electron chi connectivity index (χ1n) is 6.27. The van der Waals surface area contributed by atoms with Crippen LogP contribution in [-0.4, -0.2) is 12.5 Å². The second-order valence-electron chi connectivity index (χ2n) is 4.24. The molecule has 0 aromatic heterocycles. The summed E-state index contributed by atoms with van der Waals surface area (Å²) in [5.41, 5.74) is 6.52. The summed E-state index contributed by atoms with van der Waals surface area (Å²) in [5, 5.41) is 3.02. The van der Waals surface area contributed by atoms with Gasteiger partial charge < -0.3 is 11.1 Å². The molecule has 18 heavy (non-hydrogen) atoms. The fourth-order valence-electron chi connectivity index (χ4n) is 2.13. The summed E-state index contributed by atoms with van der Waals surface area (Å²) in [5.74, 6) is 0.360. The highest BCUT2D eigenvalue weighted by Gasteiger charge is 2.21. The van der Waals surface area contributed by atoms with Gasteiger partial charge in [-0.25, -0.2) is 0 Å². The van der Waals surface area contributed by atoms with E-state index in [2.05, 4.69) is 31.3 Å². The summed E-state index contributed by atoms with van der Waals surface area (Å²) >= 11 is 0. The Morgan fingerprint density at radius 1 is 1.22 bits per heavy atom. The molecule has 0 aliphatic rings. The Morgan fingerprint density at radius 2 is 1.78 bits per heavy atom. The number of benzene rings is 1. The summed E-state index contributed by atoms with van der Waals surface area (Å²) < 4.78 is 0. The Kier molecular flexibility index (Phi) is 8.42. The average Bonchev–Trinajstić information content (AvgIpc) is 2.39. The normalized spacial score (nSPS) is 11.8. The van der Waals surface area contributed by atoms with Crippen LogP contribution in [0.1, 0.15) is 38.3 Å². The SMILES string of the molecule is CCC(CC)C(NC(=O)CN)c1ccccc1.Cl. The number of rotatable bonds is 6. The summed E-state index contributed by atoms with van der Waals surface area (Å²) in [4.78, 5) is 11.5. The van der Waals surface area contributed by atoms with Gasteiger partial charge in [0.1, 0.15) is 0 Å². The van der Waals surface area contributed by atoms with Gasteiger partial charge in [-0.3, -0.25) is 4.79 Å². The molecule has 0 saturated carbocycles. The van der Waals surface area contributed by atoms with Gasteiger partial charge in [-0.1, -0.05) is 57.0 Å². The van der Waals surface area contributed by atoms with Crippen molar-refractivity contribution in [1.29, 1.82) is 0 Å². The van der Waals surface area contributed by atoms with Crippen molar-refractivity contribution in [3.05, 3.63) is 35.9 Å². The molecule has 1 unspecified atom stereocenters. The molecule has 0 aliphatic carbocycles. The van der Waals surface area contributed by atoms with Crippen molar-refractivity contribution in [3.63, 3.8) is 0 Å². The Bertz CT molecular complexity index is 339. The van der Waals surface area contributed by atoms with E-state index in [-0.39, 0.29) is 30.9 Å². The van der Waals surface area contributed by atoms with E-state index in [0.29, 0.717) is 5.92 Å². The number of amides is 1. The van der Waals surface area contributed by atoms with E-state index in [0.717, 1.165) is 18.4 Å². The lowest BCUT2D eigenvalue weighted by molar-refractivity contribution is -0.120. The van der Waals surface area contributed by atoms with Crippen LogP contribution >= 0.6 is 12.4 Å². The Hall–Kier alpha value is -1.06. The quantitative estimate of drug-likeness (QED) is 0.835. The van der Waals surface area contributed by atoms with E-state index in [1.165, 1.54) is 0 Å². The maximum atomic E-state index is 11.5. The second-order valence-corrected chi connectivity index (χ2v) is 4.24. The number of carbonyl (C=O) groups is 1. The predicted molar refractivity (Wildman–Crippen MR) is 77.7 cm³/mol. The second kappa shape index (κ2) is 8.95. The highest BCUT2D eigenvalue weighted by molar-refractivity contribution is 5.85. The molecule has 4 heteroatoms. The van der Waals surface area contributed by atoms with E-state index >= 15 is 0 Å². The minimum absolute atomic E-state index is 0. The number of halogens is 1. The third-order valence-electron chi connectivity index (χ3n) is 3.18. The zero-order valence-electron chi connectivity index (χ0n) is 11.1. The van der Waals surface area contributed by atoms with Gasteiger partial charge in [-0.05, 0) is 11.5 Å². The van der Waals surface area contributed by atoms with Crippen LogP contribution in [0.2, 0.25) is 0 Å². The standard InChI is InChI=1S/C14H22N2O.ClH/c1-3-11(4-2)14(16-13(17)10-15)12-8-6-5-7-9-12;/h5-9,11,14H,3-4,10,15H2,1-2H3,(H,16,17);1H. The minimum Gasteiger partial charge on any atom is -0.348 e. The minimum atomic E-state index is -0.0919. The fraction of sp³-hybridized carbons (Fsp3) is 0.500. The van der Waals surface area contributed by atoms with Gasteiger partial charge >= 0.3 is 0 Å². The molecule has 1 aromatic carbocycles. The van der Waals surface area contributed by atoms with Gasteiger partial charge in [-0.2, -0.15) is 0 Å². The summed E-state index contributed by atoms with van der Waals surface area (Å²) in [6.45, 7) is 4.35. The molecule has 0 bridgehead atoms. The molecule has 1 aromatic rings. The van der Waals surface area contributed by atoms with Crippen molar-refractivity contribution < 1.29 is 4.79 Å². The van der Waals surface area contributed by atoms with E-state index in [1.807, 2.05) is 18.2 Å². The number of nitrogens with two attached hydrogens (primary N) is 1. The lowest BCUT2D eigenvalue weighted by Gasteiger charge is -2.26.